The van der Waals surface area contributed by atoms with E-state index >= 15 is 0 Å². The third kappa shape index (κ3) is 7.04. The molecule has 0 saturated carbocycles. The molecule has 1 unspecified atom stereocenters. The molecule has 0 radical (unpaired) electrons. The summed E-state index contributed by atoms with van der Waals surface area (Å²) >= 11 is 0. The first-order valence-electron chi connectivity index (χ1n) is 7.49. The first kappa shape index (κ1) is 17.2. The number of hydrogen-bond acceptors (Lipinski definition) is 3. The maximum absolute atomic E-state index is 5.51. The fraction of sp³-hybridized carbons (Fsp3) is 0.647. The van der Waals surface area contributed by atoms with Gasteiger partial charge in [-0.1, -0.05) is 45.0 Å². The van der Waals surface area contributed by atoms with Crippen LogP contribution in [-0.4, -0.2) is 33.4 Å². The van der Waals surface area contributed by atoms with Crippen LogP contribution in [-0.2, 0) is 16.1 Å². The minimum absolute atomic E-state index is 0.539. The summed E-state index contributed by atoms with van der Waals surface area (Å²) in [5.41, 5.74) is 2.59. The van der Waals surface area contributed by atoms with Crippen LogP contribution in [0.4, 0.5) is 0 Å². The first-order chi connectivity index (χ1) is 9.63. The number of nitrogens with one attached hydrogen (secondary N) is 1. The van der Waals surface area contributed by atoms with Crippen molar-refractivity contribution in [1.29, 1.82) is 0 Å². The average molecular weight is 279 g/mol. The second kappa shape index (κ2) is 9.92. The highest BCUT2D eigenvalue weighted by molar-refractivity contribution is 5.24. The quantitative estimate of drug-likeness (QED) is 0.667. The van der Waals surface area contributed by atoms with Gasteiger partial charge in [0.1, 0.15) is 0 Å². The number of ether oxygens (including phenoxy) is 2. The molecule has 3 heteroatoms. The van der Waals surface area contributed by atoms with Gasteiger partial charge in [-0.05, 0) is 29.5 Å². The lowest BCUT2D eigenvalue weighted by atomic mass is 10.00. The molecule has 1 aromatic carbocycles. The molecule has 0 fully saturated rings. The van der Waals surface area contributed by atoms with Crippen LogP contribution in [0, 0.1) is 5.92 Å². The van der Waals surface area contributed by atoms with Crippen molar-refractivity contribution >= 4 is 0 Å². The molecule has 0 aliphatic heterocycles. The molecule has 3 nitrogen and oxygen atoms in total. The van der Waals surface area contributed by atoms with Gasteiger partial charge in [0, 0.05) is 13.7 Å². The molecular weight excluding hydrogens is 250 g/mol. The number of methoxy groups -OCH3 is 1. The van der Waals surface area contributed by atoms with Crippen molar-refractivity contribution in [1.82, 2.24) is 5.32 Å². The summed E-state index contributed by atoms with van der Waals surface area (Å²) < 4.78 is 10.5. The number of benzene rings is 1. The molecule has 0 bridgehead atoms. The summed E-state index contributed by atoms with van der Waals surface area (Å²) in [6.07, 6.45) is 0. The molecule has 1 atom stereocenters. The Morgan fingerprint density at radius 1 is 1.00 bits per heavy atom. The molecule has 1 rings (SSSR count). The van der Waals surface area contributed by atoms with Gasteiger partial charge in [-0.15, -0.1) is 0 Å². The zero-order valence-corrected chi connectivity index (χ0v) is 13.3. The smallest absolute Gasteiger partial charge is 0.0718 e. The van der Waals surface area contributed by atoms with E-state index in [2.05, 4.69) is 50.4 Å². The van der Waals surface area contributed by atoms with Crippen molar-refractivity contribution in [2.75, 3.05) is 33.4 Å². The van der Waals surface area contributed by atoms with Crippen LogP contribution < -0.4 is 5.32 Å². The Kier molecular flexibility index (Phi) is 8.51. The van der Waals surface area contributed by atoms with Crippen LogP contribution in [0.25, 0.3) is 0 Å². The highest BCUT2D eigenvalue weighted by Crippen LogP contribution is 2.15. The van der Waals surface area contributed by atoms with Crippen molar-refractivity contribution in [3.63, 3.8) is 0 Å². The maximum Gasteiger partial charge on any atom is 0.0718 e. The molecule has 0 amide bonds. The zero-order valence-electron chi connectivity index (χ0n) is 13.3. The van der Waals surface area contributed by atoms with E-state index in [1.807, 2.05) is 0 Å². The van der Waals surface area contributed by atoms with Crippen LogP contribution in [0.15, 0.2) is 24.3 Å². The Bertz CT molecular complexity index is 349. The third-order valence-electron chi connectivity index (χ3n) is 3.25. The number of hydrogen-bond donors (Lipinski definition) is 1. The van der Waals surface area contributed by atoms with Gasteiger partial charge in [0.05, 0.1) is 19.8 Å². The molecule has 20 heavy (non-hydrogen) atoms. The van der Waals surface area contributed by atoms with Crippen molar-refractivity contribution in [3.05, 3.63) is 35.4 Å². The van der Waals surface area contributed by atoms with E-state index < -0.39 is 0 Å². The van der Waals surface area contributed by atoms with Gasteiger partial charge in [0.15, 0.2) is 0 Å². The largest absolute Gasteiger partial charge is 0.382 e. The molecule has 0 saturated heterocycles. The third-order valence-corrected chi connectivity index (χ3v) is 3.25. The van der Waals surface area contributed by atoms with Gasteiger partial charge in [-0.2, -0.15) is 0 Å². The minimum atomic E-state index is 0.539. The Balaban J connectivity index is 2.33. The van der Waals surface area contributed by atoms with Crippen LogP contribution in [0.3, 0.4) is 0 Å². The Morgan fingerprint density at radius 2 is 1.70 bits per heavy atom. The highest BCUT2D eigenvalue weighted by atomic mass is 16.5. The second-order valence-corrected chi connectivity index (χ2v) is 5.74. The SMILES string of the molecule is COCCOCc1ccc(C(C)CNCC(C)C)cc1. The molecule has 114 valence electrons. The Labute approximate surface area is 123 Å². The van der Waals surface area contributed by atoms with E-state index in [9.17, 15) is 0 Å². The zero-order chi connectivity index (χ0) is 14.8. The minimum Gasteiger partial charge on any atom is -0.382 e. The highest BCUT2D eigenvalue weighted by Gasteiger charge is 2.05. The van der Waals surface area contributed by atoms with Crippen LogP contribution in [0.5, 0.6) is 0 Å². The summed E-state index contributed by atoms with van der Waals surface area (Å²) in [5, 5.41) is 3.51. The van der Waals surface area contributed by atoms with E-state index in [1.165, 1.54) is 11.1 Å². The molecule has 1 N–H and O–H groups in total. The van der Waals surface area contributed by atoms with E-state index in [0.717, 1.165) is 13.1 Å². The van der Waals surface area contributed by atoms with Crippen molar-refractivity contribution in [2.45, 2.75) is 33.3 Å². The van der Waals surface area contributed by atoms with Gasteiger partial charge >= 0.3 is 0 Å². The Morgan fingerprint density at radius 3 is 2.30 bits per heavy atom. The predicted molar refractivity (Wildman–Crippen MR) is 84.1 cm³/mol. The normalized spacial score (nSPS) is 12.8. The van der Waals surface area contributed by atoms with Crippen molar-refractivity contribution in [3.8, 4) is 0 Å². The van der Waals surface area contributed by atoms with Gasteiger partial charge in [0.2, 0.25) is 0 Å². The topological polar surface area (TPSA) is 30.5 Å². The monoisotopic (exact) mass is 279 g/mol. The summed E-state index contributed by atoms with van der Waals surface area (Å²) in [6, 6.07) is 8.72. The van der Waals surface area contributed by atoms with E-state index in [-0.39, 0.29) is 0 Å². The number of rotatable bonds is 10. The second-order valence-electron chi connectivity index (χ2n) is 5.74. The Hall–Kier alpha value is -0.900. The summed E-state index contributed by atoms with van der Waals surface area (Å²) in [7, 11) is 1.69. The standard InChI is InChI=1S/C17H29NO2/c1-14(2)11-18-12-15(3)17-7-5-16(6-8-17)13-20-10-9-19-4/h5-8,14-15,18H,9-13H2,1-4H3. The van der Waals surface area contributed by atoms with Crippen LogP contribution >= 0.6 is 0 Å². The van der Waals surface area contributed by atoms with E-state index in [4.69, 9.17) is 9.47 Å². The maximum atomic E-state index is 5.51. The molecule has 0 aliphatic rings. The summed E-state index contributed by atoms with van der Waals surface area (Å²) in [5.74, 6) is 1.24. The van der Waals surface area contributed by atoms with Gasteiger partial charge in [0.25, 0.3) is 0 Å². The van der Waals surface area contributed by atoms with Gasteiger partial charge < -0.3 is 14.8 Å². The molecule has 0 heterocycles. The molecular formula is C17H29NO2. The molecule has 1 aromatic rings. The lowest BCUT2D eigenvalue weighted by Gasteiger charge is -2.15. The lowest BCUT2D eigenvalue weighted by Crippen LogP contribution is -2.24. The lowest BCUT2D eigenvalue weighted by molar-refractivity contribution is 0.0616. The van der Waals surface area contributed by atoms with Crippen molar-refractivity contribution in [2.24, 2.45) is 5.92 Å². The fourth-order valence-electron chi connectivity index (χ4n) is 1.98. The van der Waals surface area contributed by atoms with Crippen LogP contribution in [0.2, 0.25) is 0 Å². The van der Waals surface area contributed by atoms with Crippen LogP contribution in [0.1, 0.15) is 37.8 Å². The average Bonchev–Trinajstić information content (AvgIpc) is 2.44. The van der Waals surface area contributed by atoms with Gasteiger partial charge in [-0.25, -0.2) is 0 Å². The van der Waals surface area contributed by atoms with Gasteiger partial charge in [-0.3, -0.25) is 0 Å². The summed E-state index contributed by atoms with van der Waals surface area (Å²) in [4.78, 5) is 0. The fourth-order valence-corrected chi connectivity index (χ4v) is 1.98. The molecule has 0 spiro atoms. The molecule has 0 aromatic heterocycles. The first-order valence-corrected chi connectivity index (χ1v) is 7.49. The predicted octanol–water partition coefficient (Wildman–Crippen LogP) is 3.20. The van der Waals surface area contributed by atoms with E-state index in [0.29, 0.717) is 31.7 Å². The van der Waals surface area contributed by atoms with E-state index in [1.54, 1.807) is 7.11 Å². The van der Waals surface area contributed by atoms with Crippen molar-refractivity contribution < 1.29 is 9.47 Å². The molecule has 0 aliphatic carbocycles. The summed E-state index contributed by atoms with van der Waals surface area (Å²) in [6.45, 7) is 10.8.